The van der Waals surface area contributed by atoms with Crippen molar-refractivity contribution in [1.82, 2.24) is 0 Å². The zero-order chi connectivity index (χ0) is 42.3. The second-order valence-electron chi connectivity index (χ2n) is 23.0. The van der Waals surface area contributed by atoms with Gasteiger partial charge in [-0.05, 0) is 0 Å². The third kappa shape index (κ3) is 10.1. The van der Waals surface area contributed by atoms with Crippen LogP contribution in [0.15, 0.2) is 96.1 Å². The minimum atomic E-state index is -4.00. The fourth-order valence-electron chi connectivity index (χ4n) is 13.1. The van der Waals surface area contributed by atoms with Crippen molar-refractivity contribution in [2.75, 3.05) is 0 Å². The second kappa shape index (κ2) is 19.9. The summed E-state index contributed by atoms with van der Waals surface area (Å²) >= 11 is -4.00. The van der Waals surface area contributed by atoms with Crippen LogP contribution in [-0.4, -0.2) is 6.88 Å². The topological polar surface area (TPSA) is 0 Å². The van der Waals surface area contributed by atoms with E-state index in [0.29, 0.717) is 7.25 Å². The number of hydrogen-bond donors (Lipinski definition) is 0. The zero-order valence-electron chi connectivity index (χ0n) is 39.9. The normalized spacial score (nSPS) is 20.2. The van der Waals surface area contributed by atoms with Crippen molar-refractivity contribution in [2.45, 2.75) is 172 Å². The van der Waals surface area contributed by atoms with Gasteiger partial charge in [0.25, 0.3) is 0 Å². The van der Waals surface area contributed by atoms with Crippen LogP contribution in [0.5, 0.6) is 0 Å². The summed E-state index contributed by atoms with van der Waals surface area (Å²) in [4.78, 5) is 0. The van der Waals surface area contributed by atoms with Gasteiger partial charge in [0.2, 0.25) is 0 Å². The van der Waals surface area contributed by atoms with E-state index in [-0.39, 0.29) is 35.6 Å². The van der Waals surface area contributed by atoms with Crippen LogP contribution in [0, 0.1) is 11.8 Å². The Labute approximate surface area is 393 Å². The quantitative estimate of drug-likeness (QED) is 0.110. The third-order valence-corrected chi connectivity index (χ3v) is 39.6. The van der Waals surface area contributed by atoms with E-state index in [0.717, 1.165) is 11.8 Å². The molecule has 0 bridgehead atoms. The molecule has 4 aliphatic carbocycles. The SMILES string of the molecule is CC[CH2][Zr]([CH3])(=[SiH2])([CH]1C(CC2CCCCCC2)=Cc2c(-c3ccc(C(C)(C)C)cc3)cccc21)[CH]1C(CC2CCCCCC2)=Cc2c(-c3ccc(C(C)(C)C)cc3)cccc21.Cl.Cl. The molecule has 0 spiro atoms. The molecular formula is C58H80Cl2SiZr. The maximum absolute atomic E-state index is 4.00. The Balaban J connectivity index is 0.00000321. The average molecular weight is 967 g/mol. The van der Waals surface area contributed by atoms with E-state index in [4.69, 9.17) is 0 Å². The molecule has 2 fully saturated rings. The molecule has 0 N–H and O–H groups in total. The summed E-state index contributed by atoms with van der Waals surface area (Å²) in [5.74, 6) is 1.63. The van der Waals surface area contributed by atoms with Crippen molar-refractivity contribution in [3.8, 4) is 22.3 Å². The van der Waals surface area contributed by atoms with Crippen LogP contribution in [0.4, 0.5) is 0 Å². The largest absolute Gasteiger partial charge is 0.147 e. The summed E-state index contributed by atoms with van der Waals surface area (Å²) < 4.78 is 5.55. The van der Waals surface area contributed by atoms with Gasteiger partial charge in [-0.2, -0.15) is 0 Å². The summed E-state index contributed by atoms with van der Waals surface area (Å²) in [6, 6.07) is 34.3. The van der Waals surface area contributed by atoms with Gasteiger partial charge >= 0.3 is 372 Å². The van der Waals surface area contributed by atoms with Gasteiger partial charge < -0.3 is 0 Å². The van der Waals surface area contributed by atoms with E-state index < -0.39 is 17.4 Å². The van der Waals surface area contributed by atoms with Crippen molar-refractivity contribution in [3.05, 3.63) is 129 Å². The molecule has 0 aromatic heterocycles. The van der Waals surface area contributed by atoms with Crippen molar-refractivity contribution in [3.63, 3.8) is 0 Å². The molecule has 334 valence electrons. The van der Waals surface area contributed by atoms with Gasteiger partial charge in [0.15, 0.2) is 0 Å². The van der Waals surface area contributed by atoms with Crippen LogP contribution < -0.4 is 0 Å². The van der Waals surface area contributed by atoms with Crippen molar-refractivity contribution in [1.29, 1.82) is 0 Å². The Morgan fingerprint density at radius 2 is 0.871 bits per heavy atom. The fraction of sp³-hybridized carbons (Fsp3) is 0.517. The first-order chi connectivity index (χ1) is 28.6. The molecule has 0 aliphatic heterocycles. The molecule has 0 saturated heterocycles. The molecule has 0 radical (unpaired) electrons. The molecule has 2 unspecified atom stereocenters. The van der Waals surface area contributed by atoms with E-state index in [1.807, 2.05) is 11.1 Å². The van der Waals surface area contributed by atoms with Crippen LogP contribution in [0.25, 0.3) is 34.4 Å². The number of allylic oxidation sites excluding steroid dienone is 2. The summed E-state index contributed by atoms with van der Waals surface area (Å²) in [6.07, 6.45) is 26.4. The van der Waals surface area contributed by atoms with E-state index in [1.165, 1.54) is 134 Å². The molecule has 8 rings (SSSR count). The molecule has 4 aliphatic rings. The van der Waals surface area contributed by atoms with Gasteiger partial charge in [-0.15, -0.1) is 24.8 Å². The summed E-state index contributed by atoms with van der Waals surface area (Å²) in [6.45, 7) is 19.2. The smallest absolute Gasteiger partial charge is 0.147 e. The summed E-state index contributed by atoms with van der Waals surface area (Å²) in [7, 11) is 0. The fourth-order valence-corrected chi connectivity index (χ4v) is 38.9. The first-order valence-electron chi connectivity index (χ1n) is 24.6. The summed E-state index contributed by atoms with van der Waals surface area (Å²) in [5, 5.41) is 0. The van der Waals surface area contributed by atoms with Gasteiger partial charge in [-0.25, -0.2) is 0 Å². The molecule has 0 nitrogen and oxygen atoms in total. The third-order valence-electron chi connectivity index (χ3n) is 16.1. The van der Waals surface area contributed by atoms with Crippen LogP contribution in [-0.2, 0) is 28.2 Å². The molecule has 2 atom stereocenters. The number of fused-ring (bicyclic) bond motifs is 2. The Hall–Kier alpha value is -1.96. The predicted octanol–water partition coefficient (Wildman–Crippen LogP) is 17.9. The van der Waals surface area contributed by atoms with Gasteiger partial charge in [0.1, 0.15) is 0 Å². The van der Waals surface area contributed by atoms with E-state index in [2.05, 4.69) is 157 Å². The van der Waals surface area contributed by atoms with Crippen LogP contribution in [0.1, 0.15) is 185 Å². The van der Waals surface area contributed by atoms with Crippen LogP contribution >= 0.6 is 24.8 Å². The Morgan fingerprint density at radius 3 is 1.19 bits per heavy atom. The number of rotatable bonds is 10. The average Bonchev–Trinajstić information content (AvgIpc) is 3.52. The van der Waals surface area contributed by atoms with Gasteiger partial charge in [-0.1, -0.05) is 0 Å². The minimum absolute atomic E-state index is 0. The van der Waals surface area contributed by atoms with Gasteiger partial charge in [-0.3, -0.25) is 0 Å². The van der Waals surface area contributed by atoms with E-state index >= 15 is 0 Å². The number of hydrogen-bond acceptors (Lipinski definition) is 0. The Bertz CT molecular complexity index is 2130. The van der Waals surface area contributed by atoms with Crippen molar-refractivity contribution >= 4 is 43.8 Å². The molecule has 2 saturated carbocycles. The van der Waals surface area contributed by atoms with Gasteiger partial charge in [0.05, 0.1) is 0 Å². The molecular weight excluding hydrogens is 887 g/mol. The Morgan fingerprint density at radius 1 is 0.516 bits per heavy atom. The first kappa shape index (κ1) is 49.5. The molecule has 0 amide bonds. The van der Waals surface area contributed by atoms with Crippen LogP contribution in [0.2, 0.25) is 8.76 Å². The minimum Gasteiger partial charge on any atom is -0.147 e. The Kier molecular flexibility index (Phi) is 15.9. The maximum atomic E-state index is 3.00. The van der Waals surface area contributed by atoms with E-state index in [1.54, 1.807) is 22.3 Å². The van der Waals surface area contributed by atoms with Crippen molar-refractivity contribution < 1.29 is 17.4 Å². The van der Waals surface area contributed by atoms with Gasteiger partial charge in [0, 0.05) is 0 Å². The summed E-state index contributed by atoms with van der Waals surface area (Å²) in [5.41, 5.74) is 18.9. The zero-order valence-corrected chi connectivity index (χ0v) is 45.4. The predicted molar refractivity (Wildman–Crippen MR) is 278 cm³/mol. The van der Waals surface area contributed by atoms with E-state index in [9.17, 15) is 0 Å². The molecule has 4 heteroatoms. The first-order valence-corrected chi connectivity index (χ1v) is 37.5. The second-order valence-corrected chi connectivity index (χ2v) is 51.4. The van der Waals surface area contributed by atoms with Crippen LogP contribution in [0.3, 0.4) is 0 Å². The standard InChI is InChI=1S/2C27H33.C3H7.CH3.2ClH.H2Si.Zr/c2*1-27(2,3)24-15-13-22(14-16-24)25-12-8-11-23-18-21(19-26(23)25)17-20-9-6-4-5-7-10-20;1-3-2;;;;;/h2*8,11-16,18-20H,4-7,9-10,17H2,1-3H3;1,3H2,2H3;1H3;2*1H;1H2;. The molecule has 4 aromatic rings. The molecule has 4 aromatic carbocycles. The number of halogens is 2. The van der Waals surface area contributed by atoms with Crippen molar-refractivity contribution in [2.24, 2.45) is 11.8 Å². The maximum Gasteiger partial charge on any atom is -0.147 e. The molecule has 0 heterocycles. The monoisotopic (exact) mass is 964 g/mol. The number of benzene rings is 4. The molecule has 62 heavy (non-hydrogen) atoms.